The number of benzene rings is 1. The van der Waals surface area contributed by atoms with E-state index in [4.69, 9.17) is 12.4 Å². The summed E-state index contributed by atoms with van der Waals surface area (Å²) >= 11 is 0. The molecule has 2 aromatic heterocycles. The zero-order valence-corrected chi connectivity index (χ0v) is 17.3. The minimum atomic E-state index is -0.924. The maximum atomic E-state index is 13.6. The summed E-state index contributed by atoms with van der Waals surface area (Å²) in [6, 6.07) is 5.64. The summed E-state index contributed by atoms with van der Waals surface area (Å²) in [5, 5.41) is 10.5. The highest BCUT2D eigenvalue weighted by Crippen LogP contribution is 2.28. The predicted molar refractivity (Wildman–Crippen MR) is 114 cm³/mol. The van der Waals surface area contributed by atoms with Crippen LogP contribution in [0.5, 0.6) is 11.5 Å². The van der Waals surface area contributed by atoms with Crippen molar-refractivity contribution in [3.8, 4) is 11.5 Å². The zero-order chi connectivity index (χ0) is 24.7. The first-order chi connectivity index (χ1) is 15.7. The van der Waals surface area contributed by atoms with Crippen LogP contribution in [0.2, 0.25) is 0 Å². The summed E-state index contributed by atoms with van der Waals surface area (Å²) in [5.41, 5.74) is 0.443. The van der Waals surface area contributed by atoms with Crippen LogP contribution in [-0.2, 0) is 23.0 Å². The van der Waals surface area contributed by atoms with Crippen molar-refractivity contribution < 1.29 is 33.0 Å². The molecule has 1 aromatic carbocycles. The summed E-state index contributed by atoms with van der Waals surface area (Å²) < 4.78 is 35.1. The molecule has 31 heavy (non-hydrogen) atoms. The van der Waals surface area contributed by atoms with Crippen LogP contribution in [0.1, 0.15) is 39.7 Å². The van der Waals surface area contributed by atoms with E-state index in [1.165, 1.54) is 42.9 Å². The standard InChI is InChI=1S/C22H21FN2O6.2H2/c1-4-30-22(29)18-20(27)19-16(25(3)21(18)28)8-13(10-24-19)7-14-5-6-15(23)9-17(14)31-11-12(2)26;;/h5-6,8-10,27H,4,7,11H2,1-3H3;2*1H/i;1+1D;1+1. The van der Waals surface area contributed by atoms with Crippen LogP contribution >= 0.6 is 0 Å². The molecule has 0 atom stereocenters. The molecule has 0 spiro atoms. The van der Waals surface area contributed by atoms with Crippen LogP contribution in [0, 0.1) is 5.82 Å². The van der Waals surface area contributed by atoms with E-state index in [0.717, 1.165) is 0 Å². The van der Waals surface area contributed by atoms with Gasteiger partial charge in [-0.05, 0) is 37.1 Å². The normalized spacial score (nSPS) is 11.1. The van der Waals surface area contributed by atoms with Crippen LogP contribution in [-0.4, -0.2) is 39.6 Å². The first kappa shape index (κ1) is 20.5. The van der Waals surface area contributed by atoms with Gasteiger partial charge in [0.15, 0.2) is 17.1 Å². The van der Waals surface area contributed by atoms with Crippen molar-refractivity contribution in [3.63, 3.8) is 0 Å². The average molecular weight is 435 g/mol. The smallest absolute Gasteiger partial charge is 0.347 e. The lowest BCUT2D eigenvalue weighted by atomic mass is 10.0. The number of aromatic hydroxyl groups is 1. The number of Topliss-reactive ketones (excluding diaryl/α,β-unsaturated/α-hetero) is 1. The fourth-order valence-electron chi connectivity index (χ4n) is 3.12. The molecule has 2 heterocycles. The number of fused-ring (bicyclic) bond motifs is 1. The third kappa shape index (κ3) is 4.55. The van der Waals surface area contributed by atoms with E-state index in [0.29, 0.717) is 16.6 Å². The van der Waals surface area contributed by atoms with Gasteiger partial charge in [-0.3, -0.25) is 14.6 Å². The Labute approximate surface area is 181 Å². The number of halogens is 1. The van der Waals surface area contributed by atoms with Crippen molar-refractivity contribution in [2.24, 2.45) is 7.05 Å². The van der Waals surface area contributed by atoms with Gasteiger partial charge in [0, 0.05) is 30.1 Å². The molecule has 1 N–H and O–H groups in total. The highest BCUT2D eigenvalue weighted by Gasteiger charge is 2.23. The summed E-state index contributed by atoms with van der Waals surface area (Å²) in [6.45, 7) is 2.82. The number of esters is 1. The molecule has 0 fully saturated rings. The quantitative estimate of drug-likeness (QED) is 0.569. The Kier molecular flexibility index (Phi) is 5.92. The average Bonchev–Trinajstić information content (AvgIpc) is 2.79. The summed E-state index contributed by atoms with van der Waals surface area (Å²) in [5.74, 6) is -1.95. The topological polar surface area (TPSA) is 108 Å². The van der Waals surface area contributed by atoms with E-state index in [1.807, 2.05) is 0 Å². The lowest BCUT2D eigenvalue weighted by Gasteiger charge is -2.13. The van der Waals surface area contributed by atoms with Gasteiger partial charge in [0.2, 0.25) is 0 Å². The molecule has 0 unspecified atom stereocenters. The second-order valence-corrected chi connectivity index (χ2v) is 6.94. The number of rotatable bonds is 7. The number of aryl methyl sites for hydroxylation is 1. The first-order valence-corrected chi connectivity index (χ1v) is 9.51. The Balaban J connectivity index is 0.00000188. The van der Waals surface area contributed by atoms with Gasteiger partial charge in [0.1, 0.15) is 23.7 Å². The number of aromatic nitrogens is 2. The summed E-state index contributed by atoms with van der Waals surface area (Å²) in [6.07, 6.45) is 1.74. The van der Waals surface area contributed by atoms with Crippen molar-refractivity contribution >= 4 is 22.8 Å². The van der Waals surface area contributed by atoms with Crippen LogP contribution in [0.4, 0.5) is 4.39 Å². The van der Waals surface area contributed by atoms with Crippen LogP contribution in [0.25, 0.3) is 11.0 Å². The van der Waals surface area contributed by atoms with Gasteiger partial charge < -0.3 is 19.1 Å². The number of ketones is 1. The van der Waals surface area contributed by atoms with Crippen LogP contribution < -0.4 is 10.3 Å². The molecule has 0 aliphatic carbocycles. The number of carbonyl (C=O) groups is 2. The zero-order valence-electron chi connectivity index (χ0n) is 19.3. The largest absolute Gasteiger partial charge is 0.505 e. The van der Waals surface area contributed by atoms with Gasteiger partial charge in [0.25, 0.3) is 5.56 Å². The molecule has 0 saturated carbocycles. The van der Waals surface area contributed by atoms with Crippen LogP contribution in [0.3, 0.4) is 0 Å². The van der Waals surface area contributed by atoms with Crippen LogP contribution in [0.15, 0.2) is 35.3 Å². The highest BCUT2D eigenvalue weighted by molar-refractivity contribution is 5.98. The minimum Gasteiger partial charge on any atom is -0.505 e. The number of hydrogen-bond acceptors (Lipinski definition) is 7. The summed E-state index contributed by atoms with van der Waals surface area (Å²) in [7, 11) is 1.46. The Morgan fingerprint density at radius 3 is 2.74 bits per heavy atom. The second kappa shape index (κ2) is 8.95. The first-order valence-electron chi connectivity index (χ1n) is 10.5. The molecular weight excluding hydrogens is 407 g/mol. The molecule has 9 heteroatoms. The van der Waals surface area contributed by atoms with E-state index in [-0.39, 0.29) is 38.1 Å². The number of hydrogen-bond donors (Lipinski definition) is 1. The molecule has 0 radical (unpaired) electrons. The second-order valence-electron chi connectivity index (χ2n) is 6.94. The molecule has 3 aromatic rings. The monoisotopic (exact) mass is 435 g/mol. The van der Waals surface area contributed by atoms with Gasteiger partial charge >= 0.3 is 5.97 Å². The maximum absolute atomic E-state index is 13.6. The fraction of sp³-hybridized carbons (Fsp3) is 0.273. The third-order valence-corrected chi connectivity index (χ3v) is 4.60. The molecule has 0 amide bonds. The van der Waals surface area contributed by atoms with Crippen molar-refractivity contribution in [2.45, 2.75) is 20.3 Å². The van der Waals surface area contributed by atoms with E-state index in [1.54, 1.807) is 13.0 Å². The highest BCUT2D eigenvalue weighted by atomic mass is 19.1. The van der Waals surface area contributed by atoms with Crippen molar-refractivity contribution in [1.29, 1.82) is 0 Å². The lowest BCUT2D eigenvalue weighted by Crippen LogP contribution is -2.26. The molecule has 0 saturated heterocycles. The predicted octanol–water partition coefficient (Wildman–Crippen LogP) is 3.01. The van der Waals surface area contributed by atoms with Crippen molar-refractivity contribution in [2.75, 3.05) is 13.2 Å². The number of pyridine rings is 2. The number of ether oxygens (including phenoxy) is 2. The minimum absolute atomic E-state index is 0. The Hall–Kier alpha value is -3.75. The van der Waals surface area contributed by atoms with Gasteiger partial charge in [-0.2, -0.15) is 0 Å². The van der Waals surface area contributed by atoms with E-state index < -0.39 is 28.7 Å². The van der Waals surface area contributed by atoms with Crippen molar-refractivity contribution in [3.05, 3.63) is 63.3 Å². The Morgan fingerprint density at radius 1 is 1.32 bits per heavy atom. The Morgan fingerprint density at radius 2 is 2.06 bits per heavy atom. The molecule has 8 nitrogen and oxygen atoms in total. The number of carbonyl (C=O) groups excluding carboxylic acids is 2. The molecule has 0 aliphatic heterocycles. The van der Waals surface area contributed by atoms with Crippen molar-refractivity contribution in [1.82, 2.24) is 9.55 Å². The molecule has 3 rings (SSSR count). The molecule has 166 valence electrons. The van der Waals surface area contributed by atoms with Gasteiger partial charge in [0.05, 0.1) is 12.1 Å². The van der Waals surface area contributed by atoms with Gasteiger partial charge in [-0.25, -0.2) is 9.18 Å². The van der Waals surface area contributed by atoms with E-state index >= 15 is 0 Å². The van der Waals surface area contributed by atoms with Gasteiger partial charge in [-0.1, -0.05) is 6.07 Å². The summed E-state index contributed by atoms with van der Waals surface area (Å²) in [4.78, 5) is 40.1. The third-order valence-electron chi connectivity index (χ3n) is 4.60. The molecule has 0 aliphatic rings. The lowest BCUT2D eigenvalue weighted by molar-refractivity contribution is -0.118. The Bertz CT molecular complexity index is 1250. The SMILES string of the molecule is CCOC(=O)c1c(O)c2ncc(Cc3ccc(F)cc3OCC(C)=O)cc2n(C)c1=O.[2HH].[2H][2H]. The molecule has 0 bridgehead atoms. The molecular formula is C22H25FN2O6. The fourth-order valence-corrected chi connectivity index (χ4v) is 3.12. The van der Waals surface area contributed by atoms with E-state index in [2.05, 4.69) is 4.98 Å². The van der Waals surface area contributed by atoms with Gasteiger partial charge in [-0.15, -0.1) is 0 Å². The van der Waals surface area contributed by atoms with E-state index in [9.17, 15) is 23.9 Å². The maximum Gasteiger partial charge on any atom is 0.347 e. The number of nitrogens with zero attached hydrogens (tertiary/aromatic N) is 2.